The standard InChI is InChI=1S/C20H23N3O4S2/c1-3-27-19(25)14-6-7-17-16(11-14)22-20(23(17)8-9-26-2)29-13-18(24)21-12-15-5-4-10-28-15/h4-7,10-11H,3,8-9,12-13H2,1-2H3,(H,21,24). The second kappa shape index (κ2) is 10.4. The largest absolute Gasteiger partial charge is 0.462 e. The van der Waals surface area contributed by atoms with Crippen LogP contribution in [-0.4, -0.2) is 47.5 Å². The van der Waals surface area contributed by atoms with Gasteiger partial charge in [0.05, 0.1) is 42.1 Å². The van der Waals surface area contributed by atoms with Crippen molar-refractivity contribution in [3.05, 3.63) is 46.2 Å². The Morgan fingerprint density at radius 2 is 2.17 bits per heavy atom. The number of thiophene rings is 1. The predicted octanol–water partition coefficient (Wildman–Crippen LogP) is 3.33. The number of hydrogen-bond acceptors (Lipinski definition) is 7. The lowest BCUT2D eigenvalue weighted by atomic mass is 10.2. The molecule has 0 unspecified atom stereocenters. The summed E-state index contributed by atoms with van der Waals surface area (Å²) in [5.41, 5.74) is 2.03. The molecule has 0 aliphatic carbocycles. The molecule has 0 radical (unpaired) electrons. The summed E-state index contributed by atoms with van der Waals surface area (Å²) < 4.78 is 12.3. The van der Waals surface area contributed by atoms with E-state index >= 15 is 0 Å². The van der Waals surface area contributed by atoms with Gasteiger partial charge in [-0.3, -0.25) is 4.79 Å². The highest BCUT2D eigenvalue weighted by molar-refractivity contribution is 7.99. The third-order valence-corrected chi connectivity index (χ3v) is 5.97. The van der Waals surface area contributed by atoms with E-state index in [0.717, 1.165) is 10.4 Å². The maximum atomic E-state index is 12.2. The molecule has 3 aromatic rings. The number of fused-ring (bicyclic) bond motifs is 1. The number of esters is 1. The number of carbonyl (C=O) groups excluding carboxylic acids is 2. The Morgan fingerprint density at radius 1 is 1.31 bits per heavy atom. The van der Waals surface area contributed by atoms with Crippen LogP contribution in [0.3, 0.4) is 0 Å². The van der Waals surface area contributed by atoms with Gasteiger partial charge >= 0.3 is 5.97 Å². The number of rotatable bonds is 10. The quantitative estimate of drug-likeness (QED) is 0.390. The second-order valence-electron chi connectivity index (χ2n) is 6.11. The molecule has 1 aromatic carbocycles. The zero-order chi connectivity index (χ0) is 20.6. The van der Waals surface area contributed by atoms with Crippen LogP contribution in [0.5, 0.6) is 0 Å². The lowest BCUT2D eigenvalue weighted by molar-refractivity contribution is -0.118. The fourth-order valence-electron chi connectivity index (χ4n) is 2.74. The van der Waals surface area contributed by atoms with Crippen LogP contribution in [0.15, 0.2) is 40.9 Å². The van der Waals surface area contributed by atoms with Gasteiger partial charge in [-0.15, -0.1) is 11.3 Å². The molecular weight excluding hydrogens is 410 g/mol. The van der Waals surface area contributed by atoms with Gasteiger partial charge in [0.15, 0.2) is 5.16 Å². The van der Waals surface area contributed by atoms with Crippen LogP contribution in [-0.2, 0) is 27.4 Å². The molecule has 0 saturated carbocycles. The first-order chi connectivity index (χ1) is 14.1. The summed E-state index contributed by atoms with van der Waals surface area (Å²) >= 11 is 2.98. The van der Waals surface area contributed by atoms with Crippen molar-refractivity contribution in [1.29, 1.82) is 0 Å². The number of benzene rings is 1. The average molecular weight is 434 g/mol. The van der Waals surface area contributed by atoms with E-state index in [0.29, 0.717) is 42.5 Å². The van der Waals surface area contributed by atoms with Gasteiger partial charge in [-0.05, 0) is 36.6 Å². The molecule has 29 heavy (non-hydrogen) atoms. The molecule has 9 heteroatoms. The van der Waals surface area contributed by atoms with Crippen molar-refractivity contribution in [2.75, 3.05) is 26.1 Å². The van der Waals surface area contributed by atoms with Crippen molar-refractivity contribution < 1.29 is 19.1 Å². The molecule has 0 saturated heterocycles. The summed E-state index contributed by atoms with van der Waals surface area (Å²) in [6.45, 7) is 3.74. The summed E-state index contributed by atoms with van der Waals surface area (Å²) in [4.78, 5) is 30.0. The highest BCUT2D eigenvalue weighted by Gasteiger charge is 2.15. The molecule has 0 spiro atoms. The third-order valence-electron chi connectivity index (χ3n) is 4.12. The lowest BCUT2D eigenvalue weighted by Crippen LogP contribution is -2.24. The first-order valence-electron chi connectivity index (χ1n) is 9.20. The Bertz CT molecular complexity index is 970. The number of carbonyl (C=O) groups is 2. The summed E-state index contributed by atoms with van der Waals surface area (Å²) in [6.07, 6.45) is 0. The molecular formula is C20H23N3O4S2. The molecule has 0 atom stereocenters. The van der Waals surface area contributed by atoms with E-state index in [2.05, 4.69) is 10.3 Å². The van der Waals surface area contributed by atoms with Gasteiger partial charge in [-0.25, -0.2) is 9.78 Å². The number of nitrogens with zero attached hydrogens (tertiary/aromatic N) is 2. The van der Waals surface area contributed by atoms with Crippen molar-refractivity contribution in [3.8, 4) is 0 Å². The number of amides is 1. The van der Waals surface area contributed by atoms with Gasteiger partial charge in [-0.2, -0.15) is 0 Å². The number of nitrogens with one attached hydrogen (secondary N) is 1. The molecule has 2 aromatic heterocycles. The number of imidazole rings is 1. The zero-order valence-corrected chi connectivity index (χ0v) is 18.0. The van der Waals surface area contributed by atoms with E-state index in [9.17, 15) is 9.59 Å². The minimum atomic E-state index is -0.372. The van der Waals surface area contributed by atoms with E-state index in [4.69, 9.17) is 9.47 Å². The van der Waals surface area contributed by atoms with Crippen LogP contribution in [0.1, 0.15) is 22.2 Å². The van der Waals surface area contributed by atoms with E-state index in [-0.39, 0.29) is 17.6 Å². The molecule has 0 aliphatic rings. The van der Waals surface area contributed by atoms with Gasteiger partial charge in [0, 0.05) is 18.5 Å². The Hall–Kier alpha value is -2.36. The molecule has 2 heterocycles. The molecule has 154 valence electrons. The Morgan fingerprint density at radius 3 is 2.90 bits per heavy atom. The van der Waals surface area contributed by atoms with Crippen molar-refractivity contribution in [3.63, 3.8) is 0 Å². The highest BCUT2D eigenvalue weighted by Crippen LogP contribution is 2.25. The van der Waals surface area contributed by atoms with Crippen LogP contribution in [0, 0.1) is 0 Å². The van der Waals surface area contributed by atoms with Gasteiger partial charge in [0.2, 0.25) is 5.91 Å². The zero-order valence-electron chi connectivity index (χ0n) is 16.3. The molecule has 3 rings (SSSR count). The Kier molecular flexibility index (Phi) is 7.68. The minimum Gasteiger partial charge on any atom is -0.462 e. The summed E-state index contributed by atoms with van der Waals surface area (Å²) in [6, 6.07) is 9.25. The van der Waals surface area contributed by atoms with E-state index in [1.807, 2.05) is 28.1 Å². The van der Waals surface area contributed by atoms with Gasteiger partial charge in [-0.1, -0.05) is 17.8 Å². The van der Waals surface area contributed by atoms with Crippen LogP contribution in [0.25, 0.3) is 11.0 Å². The van der Waals surface area contributed by atoms with E-state index in [1.54, 1.807) is 37.5 Å². The molecule has 1 N–H and O–H groups in total. The summed E-state index contributed by atoms with van der Waals surface area (Å²) in [7, 11) is 1.64. The van der Waals surface area contributed by atoms with Crippen LogP contribution < -0.4 is 5.32 Å². The first kappa shape index (κ1) is 21.4. The Balaban J connectivity index is 1.73. The smallest absolute Gasteiger partial charge is 0.338 e. The molecule has 0 fully saturated rings. The predicted molar refractivity (Wildman–Crippen MR) is 114 cm³/mol. The second-order valence-corrected chi connectivity index (χ2v) is 8.08. The van der Waals surface area contributed by atoms with E-state index < -0.39 is 0 Å². The number of hydrogen-bond donors (Lipinski definition) is 1. The van der Waals surface area contributed by atoms with Crippen LogP contribution in [0.4, 0.5) is 0 Å². The molecule has 0 aliphatic heterocycles. The van der Waals surface area contributed by atoms with Crippen LogP contribution in [0.2, 0.25) is 0 Å². The topological polar surface area (TPSA) is 82.5 Å². The number of thioether (sulfide) groups is 1. The highest BCUT2D eigenvalue weighted by atomic mass is 32.2. The molecule has 0 bridgehead atoms. The van der Waals surface area contributed by atoms with Gasteiger partial charge in [0.1, 0.15) is 0 Å². The van der Waals surface area contributed by atoms with Crippen molar-refractivity contribution in [2.24, 2.45) is 0 Å². The molecule has 1 amide bonds. The normalized spacial score (nSPS) is 11.0. The summed E-state index contributed by atoms with van der Waals surface area (Å²) in [5, 5.41) is 5.61. The Labute approximate surface area is 177 Å². The van der Waals surface area contributed by atoms with Crippen LogP contribution >= 0.6 is 23.1 Å². The minimum absolute atomic E-state index is 0.0547. The van der Waals surface area contributed by atoms with E-state index in [1.165, 1.54) is 11.8 Å². The van der Waals surface area contributed by atoms with Crippen molar-refractivity contribution in [1.82, 2.24) is 14.9 Å². The monoisotopic (exact) mass is 433 g/mol. The fourth-order valence-corrected chi connectivity index (χ4v) is 4.25. The lowest BCUT2D eigenvalue weighted by Gasteiger charge is -2.08. The SMILES string of the molecule is CCOC(=O)c1ccc2c(c1)nc(SCC(=O)NCc1cccs1)n2CCOC. The first-order valence-corrected chi connectivity index (χ1v) is 11.1. The maximum Gasteiger partial charge on any atom is 0.338 e. The number of methoxy groups -OCH3 is 1. The summed E-state index contributed by atoms with van der Waals surface area (Å²) in [5.74, 6) is -0.171. The van der Waals surface area contributed by atoms with Gasteiger partial charge < -0.3 is 19.4 Å². The number of ether oxygens (including phenoxy) is 2. The third kappa shape index (κ3) is 5.59. The number of aromatic nitrogens is 2. The molecule has 7 nitrogen and oxygen atoms in total. The van der Waals surface area contributed by atoms with Gasteiger partial charge in [0.25, 0.3) is 0 Å². The van der Waals surface area contributed by atoms with Crippen molar-refractivity contribution in [2.45, 2.75) is 25.2 Å². The maximum absolute atomic E-state index is 12.2. The average Bonchev–Trinajstić information content (AvgIpc) is 3.36. The van der Waals surface area contributed by atoms with Crippen molar-refractivity contribution >= 4 is 46.0 Å². The fraction of sp³-hybridized carbons (Fsp3) is 0.350.